The molecule has 0 bridgehead atoms. The lowest BCUT2D eigenvalue weighted by atomic mass is 10.0. The fourth-order valence-electron chi connectivity index (χ4n) is 4.43. The molecule has 170 valence electrons. The zero-order chi connectivity index (χ0) is 22.5. The minimum Gasteiger partial charge on any atom is -0.381 e. The molecule has 0 unspecified atom stereocenters. The van der Waals surface area contributed by atoms with E-state index in [1.165, 1.54) is 13.8 Å². The van der Waals surface area contributed by atoms with Crippen molar-refractivity contribution in [3.63, 3.8) is 0 Å². The van der Waals surface area contributed by atoms with E-state index in [2.05, 4.69) is 19.8 Å². The number of anilines is 3. The average Bonchev–Trinajstić information content (AvgIpc) is 3.16. The van der Waals surface area contributed by atoms with Gasteiger partial charge in [-0.1, -0.05) is 0 Å². The number of amides is 1. The molecule has 0 aliphatic carbocycles. The van der Waals surface area contributed by atoms with Gasteiger partial charge >= 0.3 is 0 Å². The van der Waals surface area contributed by atoms with Crippen LogP contribution in [0.4, 0.5) is 17.7 Å². The Hall–Kier alpha value is -3.05. The smallest absolute Gasteiger partial charge is 0.254 e. The summed E-state index contributed by atoms with van der Waals surface area (Å²) in [6, 6.07) is 0.158. The predicted octanol–water partition coefficient (Wildman–Crippen LogP) is -0.303. The van der Waals surface area contributed by atoms with Gasteiger partial charge in [0.15, 0.2) is 0 Å². The van der Waals surface area contributed by atoms with Crippen molar-refractivity contribution in [3.8, 4) is 11.3 Å². The Morgan fingerprint density at radius 3 is 2.50 bits per heavy atom. The van der Waals surface area contributed by atoms with Gasteiger partial charge in [0.2, 0.25) is 11.9 Å². The van der Waals surface area contributed by atoms with E-state index in [9.17, 15) is 9.90 Å². The van der Waals surface area contributed by atoms with Gasteiger partial charge in [-0.3, -0.25) is 4.79 Å². The van der Waals surface area contributed by atoms with Crippen LogP contribution < -0.4 is 15.5 Å². The zero-order valence-electron chi connectivity index (χ0n) is 18.4. The number of nitrogens with two attached hydrogens (primary N) is 1. The molecule has 32 heavy (non-hydrogen) atoms. The van der Waals surface area contributed by atoms with Gasteiger partial charge in [-0.05, 0) is 20.3 Å². The number of aromatic nitrogens is 4. The van der Waals surface area contributed by atoms with E-state index < -0.39 is 5.60 Å². The predicted molar refractivity (Wildman–Crippen MR) is 118 cm³/mol. The molecule has 5 heterocycles. The second kappa shape index (κ2) is 7.82. The second-order valence-corrected chi connectivity index (χ2v) is 8.97. The lowest BCUT2D eigenvalue weighted by Gasteiger charge is -2.46. The first-order chi connectivity index (χ1) is 15.3. The van der Waals surface area contributed by atoms with Gasteiger partial charge in [0, 0.05) is 56.2 Å². The quantitative estimate of drug-likeness (QED) is 0.652. The summed E-state index contributed by atoms with van der Waals surface area (Å²) in [7, 11) is 0. The topological polar surface area (TPSA) is 134 Å². The van der Waals surface area contributed by atoms with Crippen molar-refractivity contribution in [1.29, 1.82) is 0 Å². The van der Waals surface area contributed by atoms with Gasteiger partial charge < -0.3 is 30.3 Å². The highest BCUT2D eigenvalue weighted by atomic mass is 16.5. The van der Waals surface area contributed by atoms with Crippen LogP contribution >= 0.6 is 0 Å². The molecule has 11 nitrogen and oxygen atoms in total. The maximum Gasteiger partial charge on any atom is 0.254 e. The summed E-state index contributed by atoms with van der Waals surface area (Å²) in [4.78, 5) is 36.6. The first kappa shape index (κ1) is 20.8. The fraction of sp³-hybridized carbons (Fsp3) is 0.571. The molecule has 5 rings (SSSR count). The number of carbonyl (C=O) groups excluding carboxylic acids is 1. The van der Waals surface area contributed by atoms with E-state index in [0.717, 1.165) is 48.7 Å². The SMILES string of the molecule is CC(C)(O)C(=O)N1CC(N2CCc3c(-c4cnc(N)nc4)nc(N4CCOCC4)nc32)C1. The fourth-order valence-corrected chi connectivity index (χ4v) is 4.43. The Kier molecular flexibility index (Phi) is 5.09. The number of ether oxygens (including phenoxy) is 1. The molecule has 2 aromatic rings. The van der Waals surface area contributed by atoms with Gasteiger partial charge in [0.05, 0.1) is 24.9 Å². The number of carbonyl (C=O) groups is 1. The maximum absolute atomic E-state index is 12.4. The molecular formula is C21H28N8O3. The third-order valence-electron chi connectivity index (χ3n) is 6.20. The maximum atomic E-state index is 12.4. The molecule has 1 amide bonds. The molecule has 2 aromatic heterocycles. The largest absolute Gasteiger partial charge is 0.381 e. The van der Waals surface area contributed by atoms with Crippen LogP contribution in [0.3, 0.4) is 0 Å². The Balaban J connectivity index is 1.47. The highest BCUT2D eigenvalue weighted by Gasteiger charge is 2.42. The first-order valence-corrected chi connectivity index (χ1v) is 10.9. The molecule has 0 atom stereocenters. The number of likely N-dealkylation sites (tertiary alicyclic amines) is 1. The summed E-state index contributed by atoms with van der Waals surface area (Å²) in [6.45, 7) is 7.73. The number of rotatable bonds is 4. The molecule has 0 radical (unpaired) electrons. The Morgan fingerprint density at radius 1 is 1.16 bits per heavy atom. The van der Waals surface area contributed by atoms with E-state index >= 15 is 0 Å². The number of hydrogen-bond donors (Lipinski definition) is 2. The molecule has 0 saturated carbocycles. The molecule has 3 N–H and O–H groups in total. The van der Waals surface area contributed by atoms with Crippen molar-refractivity contribution in [2.24, 2.45) is 0 Å². The van der Waals surface area contributed by atoms with Crippen LogP contribution in [0.1, 0.15) is 19.4 Å². The molecular weight excluding hydrogens is 412 g/mol. The van der Waals surface area contributed by atoms with E-state index in [-0.39, 0.29) is 17.9 Å². The number of morpholine rings is 1. The molecule has 3 aliphatic heterocycles. The number of hydrogen-bond acceptors (Lipinski definition) is 10. The van der Waals surface area contributed by atoms with Crippen LogP contribution in [0.2, 0.25) is 0 Å². The van der Waals surface area contributed by atoms with Crippen LogP contribution in [0, 0.1) is 0 Å². The summed E-state index contributed by atoms with van der Waals surface area (Å²) in [5, 5.41) is 10.0. The summed E-state index contributed by atoms with van der Waals surface area (Å²) in [5.41, 5.74) is 7.01. The van der Waals surface area contributed by atoms with Crippen molar-refractivity contribution < 1.29 is 14.6 Å². The van der Waals surface area contributed by atoms with Gasteiger partial charge in [0.25, 0.3) is 5.91 Å². The summed E-state index contributed by atoms with van der Waals surface area (Å²) in [5.74, 6) is 1.54. The van der Waals surface area contributed by atoms with Crippen LogP contribution in [-0.4, -0.2) is 93.4 Å². The molecule has 0 spiro atoms. The Morgan fingerprint density at radius 2 is 1.84 bits per heavy atom. The lowest BCUT2D eigenvalue weighted by molar-refractivity contribution is -0.152. The molecule has 0 aromatic carbocycles. The Labute approximate surface area is 186 Å². The third-order valence-corrected chi connectivity index (χ3v) is 6.20. The molecule has 2 saturated heterocycles. The van der Waals surface area contributed by atoms with Crippen LogP contribution in [0.25, 0.3) is 11.3 Å². The highest BCUT2D eigenvalue weighted by molar-refractivity contribution is 5.85. The van der Waals surface area contributed by atoms with E-state index in [4.69, 9.17) is 20.4 Å². The van der Waals surface area contributed by atoms with Crippen molar-refractivity contribution in [2.75, 3.05) is 61.5 Å². The van der Waals surface area contributed by atoms with E-state index in [1.807, 2.05) is 0 Å². The van der Waals surface area contributed by atoms with Gasteiger partial charge in [0.1, 0.15) is 11.4 Å². The van der Waals surface area contributed by atoms with Crippen molar-refractivity contribution in [2.45, 2.75) is 31.9 Å². The standard InChI is InChI=1S/C21H28N8O3/c1-21(2,31)18(30)28-11-14(12-28)29-4-3-15-16(13-9-23-19(22)24-10-13)25-20(26-17(15)29)27-5-7-32-8-6-27/h9-10,14,31H,3-8,11-12H2,1-2H3,(H2,22,23,24). The lowest BCUT2D eigenvalue weighted by Crippen LogP contribution is -2.64. The normalized spacial score (nSPS) is 19.2. The third kappa shape index (κ3) is 3.71. The van der Waals surface area contributed by atoms with Crippen molar-refractivity contribution >= 4 is 23.6 Å². The van der Waals surface area contributed by atoms with E-state index in [1.54, 1.807) is 17.3 Å². The molecule has 3 aliphatic rings. The first-order valence-electron chi connectivity index (χ1n) is 10.9. The molecule has 2 fully saturated rings. The van der Waals surface area contributed by atoms with Gasteiger partial charge in [-0.2, -0.15) is 4.98 Å². The Bertz CT molecular complexity index is 1010. The monoisotopic (exact) mass is 440 g/mol. The summed E-state index contributed by atoms with van der Waals surface area (Å²) in [6.07, 6.45) is 4.20. The molecule has 11 heteroatoms. The van der Waals surface area contributed by atoms with Crippen LogP contribution in [0.5, 0.6) is 0 Å². The minimum absolute atomic E-state index is 0.158. The summed E-state index contributed by atoms with van der Waals surface area (Å²) >= 11 is 0. The highest BCUT2D eigenvalue weighted by Crippen LogP contribution is 2.38. The number of nitrogens with zero attached hydrogens (tertiary/aromatic N) is 7. The number of fused-ring (bicyclic) bond motifs is 1. The minimum atomic E-state index is -1.36. The zero-order valence-corrected chi connectivity index (χ0v) is 18.4. The van der Waals surface area contributed by atoms with Crippen molar-refractivity contribution in [1.82, 2.24) is 24.8 Å². The van der Waals surface area contributed by atoms with Gasteiger partial charge in [-0.25, -0.2) is 15.0 Å². The summed E-state index contributed by atoms with van der Waals surface area (Å²) < 4.78 is 5.49. The van der Waals surface area contributed by atoms with Crippen molar-refractivity contribution in [3.05, 3.63) is 18.0 Å². The number of nitrogen functional groups attached to an aromatic ring is 1. The van der Waals surface area contributed by atoms with Crippen LogP contribution in [0.15, 0.2) is 12.4 Å². The van der Waals surface area contributed by atoms with E-state index in [0.29, 0.717) is 32.3 Å². The van der Waals surface area contributed by atoms with Crippen LogP contribution in [-0.2, 0) is 16.0 Å². The van der Waals surface area contributed by atoms with Gasteiger partial charge in [-0.15, -0.1) is 0 Å². The average molecular weight is 441 g/mol. The second-order valence-electron chi connectivity index (χ2n) is 8.97. The number of aliphatic hydroxyl groups is 1.